The van der Waals surface area contributed by atoms with Gasteiger partial charge in [-0.15, -0.1) is 0 Å². The maximum Gasteiger partial charge on any atom is 0.416 e. The third-order valence-corrected chi connectivity index (χ3v) is 3.06. The summed E-state index contributed by atoms with van der Waals surface area (Å²) in [6, 6.07) is 3.38. The average Bonchev–Trinajstić information content (AvgIpc) is 2.50. The van der Waals surface area contributed by atoms with Crippen molar-refractivity contribution in [3.05, 3.63) is 29.8 Å². The third-order valence-electron chi connectivity index (χ3n) is 3.06. The molecule has 0 aliphatic rings. The Morgan fingerprint density at radius 3 is 2.46 bits per heavy atom. The summed E-state index contributed by atoms with van der Waals surface area (Å²) in [4.78, 5) is 23.5. The van der Waals surface area contributed by atoms with Crippen LogP contribution in [-0.2, 0) is 20.5 Å². The van der Waals surface area contributed by atoms with E-state index in [9.17, 15) is 22.8 Å². The molecular formula is C16H20F3NO4. The van der Waals surface area contributed by atoms with Crippen molar-refractivity contribution < 1.29 is 32.2 Å². The Labute approximate surface area is 138 Å². The molecule has 1 N–H and O–H groups in total. The van der Waals surface area contributed by atoms with Crippen LogP contribution >= 0.6 is 0 Å². The molecule has 1 amide bonds. The molecule has 134 valence electrons. The van der Waals surface area contributed by atoms with Crippen molar-refractivity contribution >= 4 is 11.9 Å². The summed E-state index contributed by atoms with van der Waals surface area (Å²) < 4.78 is 47.5. The number of nitrogens with one attached hydrogen (secondary N) is 1. The summed E-state index contributed by atoms with van der Waals surface area (Å²) in [6.07, 6.45) is -4.11. The first kappa shape index (κ1) is 19.8. The van der Waals surface area contributed by atoms with Gasteiger partial charge < -0.3 is 14.8 Å². The zero-order valence-electron chi connectivity index (χ0n) is 13.6. The Bertz CT molecular complexity index is 573. The normalized spacial score (nSPS) is 12.6. The fourth-order valence-electron chi connectivity index (χ4n) is 1.97. The molecule has 5 nitrogen and oxygen atoms in total. The zero-order valence-corrected chi connectivity index (χ0v) is 13.6. The lowest BCUT2D eigenvalue weighted by Gasteiger charge is -2.18. The number of esters is 1. The monoisotopic (exact) mass is 347 g/mol. The first-order valence-corrected chi connectivity index (χ1v) is 7.30. The minimum absolute atomic E-state index is 0.0848. The number of rotatable bonds is 7. The molecule has 1 atom stereocenters. The minimum atomic E-state index is -4.49. The fraction of sp³-hybridized carbons (Fsp3) is 0.500. The van der Waals surface area contributed by atoms with Crippen LogP contribution in [0.25, 0.3) is 0 Å². The number of methoxy groups -OCH3 is 1. The highest BCUT2D eigenvalue weighted by Crippen LogP contribution is 2.31. The average molecular weight is 347 g/mol. The molecule has 0 fully saturated rings. The second kappa shape index (κ2) is 8.56. The van der Waals surface area contributed by atoms with Crippen molar-refractivity contribution in [2.45, 2.75) is 32.5 Å². The van der Waals surface area contributed by atoms with E-state index in [0.29, 0.717) is 6.42 Å². The molecule has 0 saturated heterocycles. The Morgan fingerprint density at radius 1 is 1.25 bits per heavy atom. The van der Waals surface area contributed by atoms with Crippen LogP contribution in [0.5, 0.6) is 5.75 Å². The number of hydrogen-bond donors (Lipinski definition) is 1. The highest BCUT2D eigenvalue weighted by atomic mass is 19.4. The Kier molecular flexibility index (Phi) is 7.06. The quantitative estimate of drug-likeness (QED) is 0.771. The van der Waals surface area contributed by atoms with E-state index in [2.05, 4.69) is 10.1 Å². The van der Waals surface area contributed by atoms with Gasteiger partial charge in [-0.25, -0.2) is 4.79 Å². The predicted octanol–water partition coefficient (Wildman–Crippen LogP) is 2.79. The minimum Gasteiger partial charge on any atom is -0.484 e. The second-order valence-corrected chi connectivity index (χ2v) is 5.59. The van der Waals surface area contributed by atoms with E-state index in [1.165, 1.54) is 19.2 Å². The number of amides is 1. The van der Waals surface area contributed by atoms with Crippen molar-refractivity contribution in [3.63, 3.8) is 0 Å². The van der Waals surface area contributed by atoms with Crippen molar-refractivity contribution in [2.24, 2.45) is 5.92 Å². The third kappa shape index (κ3) is 6.47. The second-order valence-electron chi connectivity index (χ2n) is 5.59. The number of alkyl halides is 3. The molecule has 8 heteroatoms. The topological polar surface area (TPSA) is 64.6 Å². The van der Waals surface area contributed by atoms with Gasteiger partial charge in [0, 0.05) is 0 Å². The van der Waals surface area contributed by atoms with Crippen LogP contribution in [0.2, 0.25) is 0 Å². The van der Waals surface area contributed by atoms with E-state index in [0.717, 1.165) is 12.1 Å². The zero-order chi connectivity index (χ0) is 18.3. The van der Waals surface area contributed by atoms with Gasteiger partial charge in [0.15, 0.2) is 6.61 Å². The Hall–Kier alpha value is -2.25. The van der Waals surface area contributed by atoms with Crippen LogP contribution in [0, 0.1) is 5.92 Å². The van der Waals surface area contributed by atoms with Crippen LogP contribution in [-0.4, -0.2) is 31.6 Å². The maximum atomic E-state index is 12.6. The van der Waals surface area contributed by atoms with E-state index in [4.69, 9.17) is 4.74 Å². The van der Waals surface area contributed by atoms with Gasteiger partial charge in [-0.05, 0) is 30.5 Å². The highest BCUT2D eigenvalue weighted by Gasteiger charge is 2.30. The van der Waals surface area contributed by atoms with Crippen molar-refractivity contribution in [2.75, 3.05) is 13.7 Å². The molecule has 0 radical (unpaired) electrons. The van der Waals surface area contributed by atoms with Gasteiger partial charge in [-0.1, -0.05) is 19.9 Å². The van der Waals surface area contributed by atoms with Crippen molar-refractivity contribution in [3.8, 4) is 5.75 Å². The van der Waals surface area contributed by atoms with Crippen LogP contribution < -0.4 is 10.1 Å². The molecular weight excluding hydrogens is 327 g/mol. The van der Waals surface area contributed by atoms with Crippen molar-refractivity contribution in [1.82, 2.24) is 5.32 Å². The Balaban J connectivity index is 2.63. The molecule has 1 aromatic rings. The van der Waals surface area contributed by atoms with E-state index >= 15 is 0 Å². The van der Waals surface area contributed by atoms with Gasteiger partial charge in [0.2, 0.25) is 0 Å². The summed E-state index contributed by atoms with van der Waals surface area (Å²) in [5.41, 5.74) is -0.868. The summed E-state index contributed by atoms with van der Waals surface area (Å²) in [7, 11) is 1.21. The van der Waals surface area contributed by atoms with Gasteiger partial charge in [-0.3, -0.25) is 4.79 Å². The molecule has 24 heavy (non-hydrogen) atoms. The first-order chi connectivity index (χ1) is 11.1. The standard InChI is InChI=1S/C16H20F3NO4/c1-10(2)7-13(15(22)23-3)20-14(21)9-24-12-6-4-5-11(8-12)16(17,18)19/h4-6,8,10,13H,7,9H2,1-3H3,(H,20,21). The van der Waals surface area contributed by atoms with Gasteiger partial charge >= 0.3 is 12.1 Å². The molecule has 0 spiro atoms. The molecule has 1 aromatic carbocycles. The van der Waals surface area contributed by atoms with Crippen molar-refractivity contribution in [1.29, 1.82) is 0 Å². The number of halogens is 3. The number of ether oxygens (including phenoxy) is 2. The molecule has 0 bridgehead atoms. The van der Waals surface area contributed by atoms with E-state index in [1.807, 2.05) is 13.8 Å². The molecule has 0 aromatic heterocycles. The molecule has 0 aliphatic heterocycles. The molecule has 0 aliphatic carbocycles. The van der Waals surface area contributed by atoms with Crippen LogP contribution in [0.3, 0.4) is 0 Å². The van der Waals surface area contributed by atoms with E-state index < -0.39 is 36.3 Å². The highest BCUT2D eigenvalue weighted by molar-refractivity contribution is 5.85. The lowest BCUT2D eigenvalue weighted by Crippen LogP contribution is -2.44. The molecule has 1 unspecified atom stereocenters. The van der Waals surface area contributed by atoms with E-state index in [-0.39, 0.29) is 11.7 Å². The number of carbonyl (C=O) groups excluding carboxylic acids is 2. The van der Waals surface area contributed by atoms with Gasteiger partial charge in [-0.2, -0.15) is 13.2 Å². The molecule has 0 heterocycles. The van der Waals surface area contributed by atoms with Crippen LogP contribution in [0.15, 0.2) is 24.3 Å². The molecule has 0 saturated carbocycles. The summed E-state index contributed by atoms with van der Waals surface area (Å²) in [5.74, 6) is -1.16. The summed E-state index contributed by atoms with van der Waals surface area (Å²) in [6.45, 7) is 3.25. The summed E-state index contributed by atoms with van der Waals surface area (Å²) in [5, 5.41) is 2.45. The fourth-order valence-corrected chi connectivity index (χ4v) is 1.97. The molecule has 1 rings (SSSR count). The maximum absolute atomic E-state index is 12.6. The van der Waals surface area contributed by atoms with Crippen LogP contribution in [0.1, 0.15) is 25.8 Å². The predicted molar refractivity (Wildman–Crippen MR) is 80.3 cm³/mol. The first-order valence-electron chi connectivity index (χ1n) is 7.30. The van der Waals surface area contributed by atoms with Gasteiger partial charge in [0.1, 0.15) is 11.8 Å². The lowest BCUT2D eigenvalue weighted by molar-refractivity contribution is -0.145. The van der Waals surface area contributed by atoms with Gasteiger partial charge in [0.05, 0.1) is 12.7 Å². The number of benzene rings is 1. The Morgan fingerprint density at radius 2 is 1.92 bits per heavy atom. The summed E-state index contributed by atoms with van der Waals surface area (Å²) >= 11 is 0. The lowest BCUT2D eigenvalue weighted by atomic mass is 10.0. The number of carbonyl (C=O) groups is 2. The SMILES string of the molecule is COC(=O)C(CC(C)C)NC(=O)COc1cccc(C(F)(F)F)c1. The van der Waals surface area contributed by atoms with Crippen LogP contribution in [0.4, 0.5) is 13.2 Å². The smallest absolute Gasteiger partial charge is 0.416 e. The number of hydrogen-bond acceptors (Lipinski definition) is 4. The largest absolute Gasteiger partial charge is 0.484 e. The van der Waals surface area contributed by atoms with Gasteiger partial charge in [0.25, 0.3) is 5.91 Å². The van der Waals surface area contributed by atoms with E-state index in [1.54, 1.807) is 0 Å².